The van der Waals surface area contributed by atoms with Crippen LogP contribution in [0.3, 0.4) is 0 Å². The first-order valence-corrected chi connectivity index (χ1v) is 3.05. The number of carbonyl (C=O) groups is 1. The lowest BCUT2D eigenvalue weighted by Gasteiger charge is -2.10. The summed E-state index contributed by atoms with van der Waals surface area (Å²) in [6.45, 7) is 1.20. The number of hydrogen-bond donors (Lipinski definition) is 0. The van der Waals surface area contributed by atoms with Crippen molar-refractivity contribution in [3.8, 4) is 0 Å². The molecule has 0 spiro atoms. The molecule has 2 nitrogen and oxygen atoms in total. The van der Waals surface area contributed by atoms with Gasteiger partial charge in [-0.2, -0.15) is 0 Å². The van der Waals surface area contributed by atoms with E-state index in [0.29, 0.717) is 13.1 Å². The Morgan fingerprint density at radius 2 is 2.10 bits per heavy atom. The number of amides is 1. The predicted octanol–water partition coefficient (Wildman–Crippen LogP) is 0.868. The third-order valence-corrected chi connectivity index (χ3v) is 1.34. The molecule has 0 N–H and O–H groups in total. The summed E-state index contributed by atoms with van der Waals surface area (Å²) in [5, 5.41) is 0. The normalized spacial score (nSPS) is 17.1. The van der Waals surface area contributed by atoms with E-state index in [0.717, 1.165) is 6.08 Å². The number of halogens is 1. The van der Waals surface area contributed by atoms with Crippen LogP contribution >= 0.6 is 0 Å². The van der Waals surface area contributed by atoms with Crippen LogP contribution in [0.5, 0.6) is 0 Å². The second-order valence-corrected chi connectivity index (χ2v) is 2.01. The fraction of sp³-hybridized carbons (Fsp3) is 0.286. The average molecular weight is 141 g/mol. The maximum Gasteiger partial charge on any atom is 0.249 e. The van der Waals surface area contributed by atoms with E-state index in [4.69, 9.17) is 0 Å². The summed E-state index contributed by atoms with van der Waals surface area (Å²) in [7, 11) is 0. The lowest BCUT2D eigenvalue weighted by Crippen LogP contribution is -2.25. The summed E-state index contributed by atoms with van der Waals surface area (Å²) < 4.78 is 11.4. The highest BCUT2D eigenvalue weighted by atomic mass is 19.1. The van der Waals surface area contributed by atoms with Gasteiger partial charge in [0.2, 0.25) is 5.91 Å². The summed E-state index contributed by atoms with van der Waals surface area (Å²) in [6, 6.07) is 0. The largest absolute Gasteiger partial charge is 0.332 e. The number of rotatable bonds is 1. The molecule has 1 aliphatic rings. The molecular formula is C7H8FNO. The smallest absolute Gasteiger partial charge is 0.249 e. The highest BCUT2D eigenvalue weighted by Crippen LogP contribution is 1.99. The Kier molecular flexibility index (Phi) is 2.20. The zero-order valence-electron chi connectivity index (χ0n) is 5.46. The third kappa shape index (κ3) is 1.43. The molecule has 0 aliphatic carbocycles. The Morgan fingerprint density at radius 1 is 1.50 bits per heavy atom. The van der Waals surface area contributed by atoms with Crippen LogP contribution in [0.15, 0.2) is 24.6 Å². The molecule has 0 aromatic rings. The van der Waals surface area contributed by atoms with Gasteiger partial charge in [0.15, 0.2) is 0 Å². The molecule has 0 aromatic carbocycles. The minimum absolute atomic E-state index is 0.265. The highest BCUT2D eigenvalue weighted by Gasteiger charge is 2.09. The minimum atomic E-state index is -0.271. The van der Waals surface area contributed by atoms with Gasteiger partial charge in [-0.05, 0) is 0 Å². The van der Waals surface area contributed by atoms with Gasteiger partial charge >= 0.3 is 0 Å². The van der Waals surface area contributed by atoms with Crippen LogP contribution in [0.4, 0.5) is 4.39 Å². The van der Waals surface area contributed by atoms with Gasteiger partial charge in [0.25, 0.3) is 0 Å². The fourth-order valence-electron chi connectivity index (χ4n) is 0.817. The number of nitrogens with zero attached hydrogens (tertiary/aromatic N) is 1. The van der Waals surface area contributed by atoms with Crippen LogP contribution in [-0.4, -0.2) is 23.9 Å². The minimum Gasteiger partial charge on any atom is -0.332 e. The highest BCUT2D eigenvalue weighted by molar-refractivity contribution is 5.87. The van der Waals surface area contributed by atoms with E-state index in [2.05, 4.69) is 0 Å². The topological polar surface area (TPSA) is 20.3 Å². The molecule has 1 aliphatic heterocycles. The van der Waals surface area contributed by atoms with Crippen LogP contribution < -0.4 is 0 Å². The average Bonchev–Trinajstić information content (AvgIpc) is 2.38. The van der Waals surface area contributed by atoms with Crippen molar-refractivity contribution in [2.75, 3.05) is 13.1 Å². The van der Waals surface area contributed by atoms with Gasteiger partial charge in [-0.1, -0.05) is 12.2 Å². The van der Waals surface area contributed by atoms with E-state index in [1.54, 1.807) is 0 Å². The first-order valence-electron chi connectivity index (χ1n) is 3.05. The van der Waals surface area contributed by atoms with E-state index < -0.39 is 0 Å². The zero-order chi connectivity index (χ0) is 7.40. The molecule has 1 amide bonds. The van der Waals surface area contributed by atoms with E-state index in [9.17, 15) is 9.18 Å². The first kappa shape index (κ1) is 6.99. The van der Waals surface area contributed by atoms with Crippen molar-refractivity contribution in [2.45, 2.75) is 0 Å². The molecule has 1 heterocycles. The van der Waals surface area contributed by atoms with Crippen molar-refractivity contribution in [2.24, 2.45) is 0 Å². The zero-order valence-corrected chi connectivity index (χ0v) is 5.46. The standard InChI is InChI=1S/C7H8FNO/c8-4-3-7(10)9-5-1-2-6-9/h1-4H,5-6H2/b4-3+. The molecule has 0 atom stereocenters. The van der Waals surface area contributed by atoms with E-state index in [1.807, 2.05) is 12.2 Å². The van der Waals surface area contributed by atoms with Gasteiger partial charge in [0, 0.05) is 19.2 Å². The SMILES string of the molecule is O=C(/C=C/F)N1CC=CC1. The molecule has 0 saturated carbocycles. The van der Waals surface area contributed by atoms with Crippen molar-refractivity contribution in [1.82, 2.24) is 4.90 Å². The number of hydrogen-bond acceptors (Lipinski definition) is 1. The van der Waals surface area contributed by atoms with Crippen LogP contribution in [0.1, 0.15) is 0 Å². The lowest BCUT2D eigenvalue weighted by atomic mass is 10.5. The fourth-order valence-corrected chi connectivity index (χ4v) is 0.817. The molecule has 10 heavy (non-hydrogen) atoms. The molecule has 0 radical (unpaired) electrons. The third-order valence-electron chi connectivity index (χ3n) is 1.34. The van der Waals surface area contributed by atoms with Gasteiger partial charge in [-0.3, -0.25) is 4.79 Å². The van der Waals surface area contributed by atoms with E-state index >= 15 is 0 Å². The van der Waals surface area contributed by atoms with Gasteiger partial charge in [-0.25, -0.2) is 4.39 Å². The van der Waals surface area contributed by atoms with Crippen molar-refractivity contribution in [3.05, 3.63) is 24.6 Å². The summed E-state index contributed by atoms with van der Waals surface area (Å²) in [5.41, 5.74) is 0. The molecule has 0 bridgehead atoms. The van der Waals surface area contributed by atoms with Crippen molar-refractivity contribution in [3.63, 3.8) is 0 Å². The molecule has 1 rings (SSSR count). The van der Waals surface area contributed by atoms with Gasteiger partial charge in [-0.15, -0.1) is 0 Å². The van der Waals surface area contributed by atoms with Crippen molar-refractivity contribution in [1.29, 1.82) is 0 Å². The maximum absolute atomic E-state index is 11.4. The van der Waals surface area contributed by atoms with Crippen LogP contribution in [-0.2, 0) is 4.79 Å². The Hall–Kier alpha value is -1.12. The monoisotopic (exact) mass is 141 g/mol. The van der Waals surface area contributed by atoms with Gasteiger partial charge in [0.1, 0.15) is 0 Å². The summed E-state index contributed by atoms with van der Waals surface area (Å²) in [5.74, 6) is -0.271. The Labute approximate surface area is 58.6 Å². The van der Waals surface area contributed by atoms with Crippen LogP contribution in [0.2, 0.25) is 0 Å². The lowest BCUT2D eigenvalue weighted by molar-refractivity contribution is -0.124. The summed E-state index contributed by atoms with van der Waals surface area (Å²) in [6.07, 6.45) is 4.95. The quantitative estimate of drug-likeness (QED) is 0.392. The molecule has 3 heteroatoms. The van der Waals surface area contributed by atoms with Gasteiger partial charge in [0.05, 0.1) is 6.33 Å². The van der Waals surface area contributed by atoms with Crippen LogP contribution in [0.25, 0.3) is 0 Å². The van der Waals surface area contributed by atoms with E-state index in [1.165, 1.54) is 4.90 Å². The number of carbonyl (C=O) groups excluding carboxylic acids is 1. The summed E-state index contributed by atoms with van der Waals surface area (Å²) >= 11 is 0. The molecule has 54 valence electrons. The predicted molar refractivity (Wildman–Crippen MR) is 36.0 cm³/mol. The first-order chi connectivity index (χ1) is 4.84. The van der Waals surface area contributed by atoms with Crippen LogP contribution in [0, 0.1) is 0 Å². The Morgan fingerprint density at radius 3 is 2.60 bits per heavy atom. The van der Waals surface area contributed by atoms with E-state index in [-0.39, 0.29) is 12.2 Å². The molecule has 0 unspecified atom stereocenters. The summed E-state index contributed by atoms with van der Waals surface area (Å²) in [4.78, 5) is 12.3. The second kappa shape index (κ2) is 3.15. The molecular weight excluding hydrogens is 133 g/mol. The molecule has 0 saturated heterocycles. The van der Waals surface area contributed by atoms with Gasteiger partial charge < -0.3 is 4.90 Å². The van der Waals surface area contributed by atoms with Crippen molar-refractivity contribution >= 4 is 5.91 Å². The molecule has 0 aromatic heterocycles. The Bertz CT molecular complexity index is 178. The van der Waals surface area contributed by atoms with Crippen molar-refractivity contribution < 1.29 is 9.18 Å². The maximum atomic E-state index is 11.4. The Balaban J connectivity index is 2.42. The molecule has 0 fully saturated rings. The second-order valence-electron chi connectivity index (χ2n) is 2.01.